The second-order valence-corrected chi connectivity index (χ2v) is 39.0. The maximum Gasteiger partial charge on any atom is 0.410 e. The lowest BCUT2D eigenvalue weighted by Crippen LogP contribution is -2.48. The number of carbonyl (C=O) groups is 1. The summed E-state index contributed by atoms with van der Waals surface area (Å²) in [6.45, 7) is 34.1. The predicted octanol–water partition coefficient (Wildman–Crippen LogP) is 11.1. The fourth-order valence-corrected chi connectivity index (χ4v) is 11.4. The van der Waals surface area contributed by atoms with Gasteiger partial charge in [-0.3, -0.25) is 0 Å². The summed E-state index contributed by atoms with van der Waals surface area (Å²) in [6.07, 6.45) is 7.32. The van der Waals surface area contributed by atoms with Gasteiger partial charge in [0.1, 0.15) is 24.1 Å². The van der Waals surface area contributed by atoms with Gasteiger partial charge in [-0.1, -0.05) is 60.1 Å². The number of fused-ring (bicyclic) bond motifs is 3. The van der Waals surface area contributed by atoms with Crippen molar-refractivity contribution in [3.8, 4) is 10.4 Å². The summed E-state index contributed by atoms with van der Waals surface area (Å²) < 4.78 is 28.4. The molecule has 16 heteroatoms. The molecular weight excluding hydrogens is 888 g/mol. The van der Waals surface area contributed by atoms with E-state index < -0.39 is 30.1 Å². The summed E-state index contributed by atoms with van der Waals surface area (Å²) in [5.41, 5.74) is 2.27. The van der Waals surface area contributed by atoms with E-state index >= 15 is 0 Å². The molecule has 2 aliphatic heterocycles. The molecule has 5 heterocycles. The Morgan fingerprint density at radius 3 is 2.00 bits per heavy atom. The molecule has 2 aliphatic rings. The van der Waals surface area contributed by atoms with E-state index in [0.29, 0.717) is 33.3 Å². The first kappa shape index (κ1) is 45.7. The normalized spacial score (nSPS) is 19.6. The zero-order valence-electron chi connectivity index (χ0n) is 36.7. The molecule has 56 heavy (non-hydrogen) atoms. The predicted molar refractivity (Wildman–Crippen MR) is 246 cm³/mol. The van der Waals surface area contributed by atoms with Gasteiger partial charge in [-0.05, 0) is 99.3 Å². The smallest absolute Gasteiger partial charge is 0.410 e. The highest BCUT2D eigenvalue weighted by Gasteiger charge is 2.46. The summed E-state index contributed by atoms with van der Waals surface area (Å²) in [5, 5.41) is 6.10. The minimum atomic E-state index is -1.94. The van der Waals surface area contributed by atoms with Crippen molar-refractivity contribution in [2.24, 2.45) is 0 Å². The molecule has 0 radical (unpaired) electrons. The summed E-state index contributed by atoms with van der Waals surface area (Å²) in [6, 6.07) is 2.41. The molecule has 2 fully saturated rings. The van der Waals surface area contributed by atoms with Crippen LogP contribution in [-0.4, -0.2) is 99.4 Å². The van der Waals surface area contributed by atoms with Crippen LogP contribution in [0.2, 0.25) is 69.5 Å². The van der Waals surface area contributed by atoms with E-state index in [1.54, 1.807) is 11.3 Å². The van der Waals surface area contributed by atoms with Crippen LogP contribution in [-0.2, 0) is 25.2 Å². The number of hydrogen-bond donors (Lipinski definition) is 0. The van der Waals surface area contributed by atoms with Gasteiger partial charge in [0.05, 0.1) is 32.5 Å². The Morgan fingerprint density at radius 2 is 1.48 bits per heavy atom. The van der Waals surface area contributed by atoms with E-state index in [4.69, 9.17) is 33.7 Å². The number of rotatable bonds is 16. The third kappa shape index (κ3) is 11.7. The van der Waals surface area contributed by atoms with Crippen LogP contribution in [0.5, 0.6) is 0 Å². The first-order valence-corrected chi connectivity index (χ1v) is 32.6. The number of anilines is 1. The zero-order valence-corrected chi connectivity index (χ0v) is 42.6. The molecule has 5 rings (SSSR count). The first-order chi connectivity index (χ1) is 25.8. The number of carbonyl (C=O) groups excluding carboxylic acids is 1. The lowest BCUT2D eigenvalue weighted by molar-refractivity contribution is 0.00565. The molecule has 2 bridgehead atoms. The van der Waals surface area contributed by atoms with Crippen molar-refractivity contribution in [2.75, 3.05) is 31.6 Å². The fraction of sp³-hybridized carbons (Fsp3) is 0.750. The maximum absolute atomic E-state index is 13.4. The molecule has 0 N–H and O–H groups in total. The molecule has 314 valence electrons. The zero-order chi connectivity index (χ0) is 41.4. The van der Waals surface area contributed by atoms with E-state index in [9.17, 15) is 4.79 Å². The third-order valence-electron chi connectivity index (χ3n) is 11.3. The number of nitrogens with zero attached hydrogens (tertiary/aromatic N) is 6. The molecular formula is C40H69IN6O5SSi3. The van der Waals surface area contributed by atoms with Gasteiger partial charge in [-0.2, -0.15) is 9.61 Å². The molecule has 3 aromatic heterocycles. The van der Waals surface area contributed by atoms with Crippen molar-refractivity contribution < 1.29 is 23.4 Å². The SMILES string of the molecule is CC(C)(C)OC(=O)N1[C@@H]2CC[C@H]1C[C@H](c1nc3c(-c4cnc(CO[Si](C)(C)C(C)(C)C)s4)cnn3c(N(COCC[Si](C)(C)C)COCC[Si](C)(C)C)c1I)C2. The van der Waals surface area contributed by atoms with Gasteiger partial charge in [0.25, 0.3) is 0 Å². The molecule has 3 aromatic rings. The molecule has 0 aliphatic carbocycles. The van der Waals surface area contributed by atoms with Crippen LogP contribution in [0.3, 0.4) is 0 Å². The van der Waals surface area contributed by atoms with Gasteiger partial charge >= 0.3 is 6.09 Å². The van der Waals surface area contributed by atoms with Crippen molar-refractivity contribution in [2.45, 2.75) is 167 Å². The third-order valence-corrected chi connectivity index (χ3v) is 21.2. The molecule has 3 atom stereocenters. The van der Waals surface area contributed by atoms with Gasteiger partial charge in [0, 0.05) is 53.6 Å². The number of halogens is 1. The van der Waals surface area contributed by atoms with E-state index in [0.717, 1.165) is 73.9 Å². The summed E-state index contributed by atoms with van der Waals surface area (Å²) in [5.74, 6) is 1.10. The van der Waals surface area contributed by atoms with Crippen molar-refractivity contribution in [1.29, 1.82) is 0 Å². The van der Waals surface area contributed by atoms with E-state index in [-0.39, 0.29) is 29.1 Å². The largest absolute Gasteiger partial charge is 0.444 e. The van der Waals surface area contributed by atoms with Crippen molar-refractivity contribution >= 4 is 76.0 Å². The molecule has 0 saturated carbocycles. The summed E-state index contributed by atoms with van der Waals surface area (Å²) >= 11 is 4.14. The topological polar surface area (TPSA) is 104 Å². The van der Waals surface area contributed by atoms with Gasteiger partial charge in [-0.15, -0.1) is 11.3 Å². The number of hydrogen-bond acceptors (Lipinski definition) is 10. The Bertz CT molecular complexity index is 1780. The molecule has 2 saturated heterocycles. The Kier molecular flexibility index (Phi) is 14.4. The first-order valence-electron chi connectivity index (χ1n) is 20.4. The number of aromatic nitrogens is 4. The van der Waals surface area contributed by atoms with Crippen molar-refractivity contribution in [3.05, 3.63) is 26.7 Å². The van der Waals surface area contributed by atoms with Crippen LogP contribution in [0, 0.1) is 3.57 Å². The van der Waals surface area contributed by atoms with E-state index in [2.05, 4.69) is 101 Å². The average Bonchev–Trinajstić information content (AvgIpc) is 3.76. The van der Waals surface area contributed by atoms with Crippen molar-refractivity contribution in [1.82, 2.24) is 24.5 Å². The average molecular weight is 957 g/mol. The lowest BCUT2D eigenvalue weighted by atomic mass is 9.88. The van der Waals surface area contributed by atoms with Crippen LogP contribution in [0.4, 0.5) is 10.6 Å². The minimum absolute atomic E-state index is 0.117. The molecule has 0 spiro atoms. The second kappa shape index (κ2) is 17.7. The van der Waals surface area contributed by atoms with Gasteiger partial charge < -0.3 is 28.4 Å². The number of ether oxygens (including phenoxy) is 3. The highest BCUT2D eigenvalue weighted by atomic mass is 127. The number of thiazole rings is 1. The van der Waals surface area contributed by atoms with E-state index in [1.807, 2.05) is 42.6 Å². The lowest BCUT2D eigenvalue weighted by Gasteiger charge is -2.39. The van der Waals surface area contributed by atoms with Gasteiger partial charge in [0.2, 0.25) is 0 Å². The Morgan fingerprint density at radius 1 is 0.911 bits per heavy atom. The molecule has 0 aromatic carbocycles. The highest BCUT2D eigenvalue weighted by Crippen LogP contribution is 2.46. The van der Waals surface area contributed by atoms with Crippen LogP contribution in [0.15, 0.2) is 12.4 Å². The fourth-order valence-electron chi connectivity index (χ4n) is 6.93. The highest BCUT2D eigenvalue weighted by molar-refractivity contribution is 14.1. The van der Waals surface area contributed by atoms with Crippen LogP contribution < -0.4 is 4.90 Å². The Balaban J connectivity index is 1.54. The van der Waals surface area contributed by atoms with Crippen LogP contribution >= 0.6 is 33.9 Å². The van der Waals surface area contributed by atoms with Gasteiger partial charge in [0.15, 0.2) is 19.8 Å². The van der Waals surface area contributed by atoms with E-state index in [1.165, 1.54) is 0 Å². The van der Waals surface area contributed by atoms with Crippen LogP contribution in [0.1, 0.15) is 83.8 Å². The molecule has 1 amide bonds. The maximum atomic E-state index is 13.4. The number of amides is 1. The molecule has 0 unspecified atom stereocenters. The van der Waals surface area contributed by atoms with Gasteiger partial charge in [-0.25, -0.2) is 14.8 Å². The Labute approximate surface area is 357 Å². The summed E-state index contributed by atoms with van der Waals surface area (Å²) in [7, 11) is -4.52. The molecule has 11 nitrogen and oxygen atoms in total. The summed E-state index contributed by atoms with van der Waals surface area (Å²) in [4.78, 5) is 29.0. The van der Waals surface area contributed by atoms with Crippen LogP contribution in [0.25, 0.3) is 16.1 Å². The second-order valence-electron chi connectivity index (χ2n) is 20.8. The monoisotopic (exact) mass is 956 g/mol. The standard InChI is InChI=1S/C40H69IN6O5SSi3/c1-39(2,3)52-38(48)46-29-15-16-30(46)22-28(21-29)35-34(41)37(45(26-49-17-19-54(7,8)9)27-50-18-20-55(10,11)12)47-36(44-35)31(23-43-47)32-24-42-33(53-32)25-51-56(13,14)40(4,5)6/h23-24,28-30H,15-22,25-27H2,1-14H3/t28-,29-,30+. The Hall–Kier alpha value is -1.42. The number of piperidine rings is 1. The quantitative estimate of drug-likeness (QED) is 0.0601. The van der Waals surface area contributed by atoms with Crippen molar-refractivity contribution in [3.63, 3.8) is 0 Å². The minimum Gasteiger partial charge on any atom is -0.444 e.